The molecule has 0 bridgehead atoms. The third-order valence-electron chi connectivity index (χ3n) is 3.35. The standard InChI is InChI=1S/C11H15NO3S/c12-8-11(6-1-7-11)16(14,15)10-4-2-9(13)3-5-10/h2-5,13H,1,6-8,12H2. The van der Waals surface area contributed by atoms with Gasteiger partial charge in [-0.2, -0.15) is 0 Å². The van der Waals surface area contributed by atoms with Crippen molar-refractivity contribution in [2.24, 2.45) is 5.73 Å². The van der Waals surface area contributed by atoms with Crippen LogP contribution in [0.2, 0.25) is 0 Å². The number of phenols is 1. The molecule has 2 rings (SSSR count). The molecular formula is C11H15NO3S. The first-order valence-corrected chi connectivity index (χ1v) is 6.74. The fourth-order valence-electron chi connectivity index (χ4n) is 2.03. The first kappa shape index (κ1) is 11.4. The minimum atomic E-state index is -3.37. The zero-order valence-corrected chi connectivity index (χ0v) is 9.70. The molecule has 0 aliphatic heterocycles. The van der Waals surface area contributed by atoms with Crippen molar-refractivity contribution in [1.82, 2.24) is 0 Å². The summed E-state index contributed by atoms with van der Waals surface area (Å²) in [6, 6.07) is 5.63. The van der Waals surface area contributed by atoms with Crippen molar-refractivity contribution in [1.29, 1.82) is 0 Å². The predicted molar refractivity (Wildman–Crippen MR) is 60.9 cm³/mol. The number of rotatable bonds is 3. The molecule has 88 valence electrons. The Bertz CT molecular complexity index is 469. The van der Waals surface area contributed by atoms with E-state index in [1.54, 1.807) is 0 Å². The molecule has 0 saturated heterocycles. The number of hydrogen-bond donors (Lipinski definition) is 2. The van der Waals surface area contributed by atoms with Gasteiger partial charge in [-0.3, -0.25) is 0 Å². The van der Waals surface area contributed by atoms with Crippen LogP contribution in [0.15, 0.2) is 29.2 Å². The lowest BCUT2D eigenvalue weighted by Crippen LogP contribution is -2.51. The normalized spacial score (nSPS) is 19.1. The van der Waals surface area contributed by atoms with Gasteiger partial charge in [-0.1, -0.05) is 6.42 Å². The average molecular weight is 241 g/mol. The van der Waals surface area contributed by atoms with Crippen molar-refractivity contribution in [2.75, 3.05) is 6.54 Å². The Morgan fingerprint density at radius 1 is 1.25 bits per heavy atom. The van der Waals surface area contributed by atoms with Crippen LogP contribution in [0, 0.1) is 0 Å². The summed E-state index contributed by atoms with van der Waals surface area (Å²) >= 11 is 0. The SMILES string of the molecule is NCC1(S(=O)(=O)c2ccc(O)cc2)CCC1. The molecule has 0 heterocycles. The molecule has 0 spiro atoms. The van der Waals surface area contributed by atoms with Gasteiger partial charge in [0.2, 0.25) is 0 Å². The van der Waals surface area contributed by atoms with Crippen LogP contribution in [0.5, 0.6) is 5.75 Å². The van der Waals surface area contributed by atoms with E-state index >= 15 is 0 Å². The summed E-state index contributed by atoms with van der Waals surface area (Å²) in [5, 5.41) is 9.13. The van der Waals surface area contributed by atoms with Crippen molar-refractivity contribution in [2.45, 2.75) is 28.9 Å². The van der Waals surface area contributed by atoms with Gasteiger partial charge in [-0.15, -0.1) is 0 Å². The Hall–Kier alpha value is -1.07. The maximum atomic E-state index is 12.3. The van der Waals surface area contributed by atoms with Crippen LogP contribution in [0.3, 0.4) is 0 Å². The highest BCUT2D eigenvalue weighted by atomic mass is 32.2. The van der Waals surface area contributed by atoms with Crippen molar-refractivity contribution in [3.63, 3.8) is 0 Å². The molecule has 1 saturated carbocycles. The Morgan fingerprint density at radius 3 is 2.19 bits per heavy atom. The molecule has 1 aliphatic carbocycles. The van der Waals surface area contributed by atoms with Crippen LogP contribution in [-0.2, 0) is 9.84 Å². The lowest BCUT2D eigenvalue weighted by Gasteiger charge is -2.39. The number of benzene rings is 1. The van der Waals surface area contributed by atoms with E-state index in [-0.39, 0.29) is 17.2 Å². The highest BCUT2D eigenvalue weighted by Crippen LogP contribution is 2.42. The van der Waals surface area contributed by atoms with Gasteiger partial charge in [0.1, 0.15) is 5.75 Å². The van der Waals surface area contributed by atoms with E-state index in [1.807, 2.05) is 0 Å². The van der Waals surface area contributed by atoms with E-state index in [9.17, 15) is 8.42 Å². The molecule has 3 N–H and O–H groups in total. The maximum Gasteiger partial charge on any atom is 0.185 e. The third kappa shape index (κ3) is 1.51. The molecule has 1 fully saturated rings. The van der Waals surface area contributed by atoms with Crippen molar-refractivity contribution in [3.05, 3.63) is 24.3 Å². The zero-order chi connectivity index (χ0) is 11.8. The first-order chi connectivity index (χ1) is 7.52. The van der Waals surface area contributed by atoms with Gasteiger partial charge in [0.15, 0.2) is 9.84 Å². The number of phenolic OH excluding ortho intramolecular Hbond substituents is 1. The molecule has 5 heteroatoms. The second-order valence-corrected chi connectivity index (χ2v) is 6.58. The summed E-state index contributed by atoms with van der Waals surface area (Å²) in [5.74, 6) is 0.0642. The van der Waals surface area contributed by atoms with Crippen molar-refractivity contribution < 1.29 is 13.5 Å². The monoisotopic (exact) mass is 241 g/mol. The molecule has 0 aromatic heterocycles. The number of hydrogen-bond acceptors (Lipinski definition) is 4. The summed E-state index contributed by atoms with van der Waals surface area (Å²) in [6.07, 6.45) is 2.17. The lowest BCUT2D eigenvalue weighted by molar-refractivity contribution is 0.344. The molecular weight excluding hydrogens is 226 g/mol. The summed E-state index contributed by atoms with van der Waals surface area (Å²) in [6.45, 7) is 0.163. The third-order valence-corrected chi connectivity index (χ3v) is 5.96. The van der Waals surface area contributed by atoms with E-state index in [0.717, 1.165) is 6.42 Å². The lowest BCUT2D eigenvalue weighted by atomic mass is 9.84. The van der Waals surface area contributed by atoms with Crippen molar-refractivity contribution in [3.8, 4) is 5.75 Å². The Labute approximate surface area is 95.0 Å². The number of aromatic hydroxyl groups is 1. The van der Waals surface area contributed by atoms with Crippen LogP contribution in [0.4, 0.5) is 0 Å². The average Bonchev–Trinajstić information content (AvgIpc) is 2.17. The number of sulfone groups is 1. The van der Waals surface area contributed by atoms with Gasteiger partial charge < -0.3 is 10.8 Å². The van der Waals surface area contributed by atoms with Gasteiger partial charge in [-0.25, -0.2) is 8.42 Å². The summed E-state index contributed by atoms with van der Waals surface area (Å²) in [7, 11) is -3.37. The van der Waals surface area contributed by atoms with Gasteiger partial charge in [0.05, 0.1) is 9.64 Å². The topological polar surface area (TPSA) is 80.4 Å². The molecule has 0 unspecified atom stereocenters. The highest BCUT2D eigenvalue weighted by molar-refractivity contribution is 7.93. The minimum Gasteiger partial charge on any atom is -0.508 e. The fraction of sp³-hybridized carbons (Fsp3) is 0.455. The van der Waals surface area contributed by atoms with Gasteiger partial charge >= 0.3 is 0 Å². The summed E-state index contributed by atoms with van der Waals surface area (Å²) in [4.78, 5) is 0.246. The summed E-state index contributed by atoms with van der Waals surface area (Å²) in [5.41, 5.74) is 5.59. The first-order valence-electron chi connectivity index (χ1n) is 5.26. The molecule has 16 heavy (non-hydrogen) atoms. The van der Waals surface area contributed by atoms with E-state index in [2.05, 4.69) is 0 Å². The van der Waals surface area contributed by atoms with Gasteiger partial charge in [-0.05, 0) is 37.1 Å². The Morgan fingerprint density at radius 2 is 1.81 bits per heavy atom. The van der Waals surface area contributed by atoms with E-state index in [4.69, 9.17) is 10.8 Å². The largest absolute Gasteiger partial charge is 0.508 e. The van der Waals surface area contributed by atoms with Crippen LogP contribution in [-0.4, -0.2) is 24.8 Å². The minimum absolute atomic E-state index is 0.0642. The quantitative estimate of drug-likeness (QED) is 0.828. The fourth-order valence-corrected chi connectivity index (χ4v) is 4.07. The van der Waals surface area contributed by atoms with Gasteiger partial charge in [0, 0.05) is 6.54 Å². The predicted octanol–water partition coefficient (Wildman–Crippen LogP) is 1.05. The molecule has 0 atom stereocenters. The van der Waals surface area contributed by atoms with E-state index < -0.39 is 14.6 Å². The van der Waals surface area contributed by atoms with Gasteiger partial charge in [0.25, 0.3) is 0 Å². The molecule has 1 aromatic carbocycles. The van der Waals surface area contributed by atoms with Crippen LogP contribution in [0.25, 0.3) is 0 Å². The maximum absolute atomic E-state index is 12.3. The summed E-state index contributed by atoms with van der Waals surface area (Å²) < 4.78 is 23.9. The van der Waals surface area contributed by atoms with Crippen molar-refractivity contribution >= 4 is 9.84 Å². The van der Waals surface area contributed by atoms with Crippen LogP contribution in [0.1, 0.15) is 19.3 Å². The molecule has 0 radical (unpaired) electrons. The van der Waals surface area contributed by atoms with Crippen LogP contribution >= 0.6 is 0 Å². The molecule has 1 aromatic rings. The molecule has 1 aliphatic rings. The smallest absolute Gasteiger partial charge is 0.185 e. The molecule has 4 nitrogen and oxygen atoms in total. The zero-order valence-electron chi connectivity index (χ0n) is 8.89. The Kier molecular flexibility index (Phi) is 2.67. The second-order valence-electron chi connectivity index (χ2n) is 4.24. The highest BCUT2D eigenvalue weighted by Gasteiger charge is 2.48. The Balaban J connectivity index is 2.42. The molecule has 0 amide bonds. The van der Waals surface area contributed by atoms with E-state index in [1.165, 1.54) is 24.3 Å². The van der Waals surface area contributed by atoms with Crippen LogP contribution < -0.4 is 5.73 Å². The van der Waals surface area contributed by atoms with E-state index in [0.29, 0.717) is 12.8 Å². The second kappa shape index (κ2) is 3.75. The number of nitrogens with two attached hydrogens (primary N) is 1.